The lowest BCUT2D eigenvalue weighted by atomic mass is 10.5. The van der Waals surface area contributed by atoms with Crippen LogP contribution in [0.25, 0.3) is 0 Å². The van der Waals surface area contributed by atoms with Crippen molar-refractivity contribution in [3.05, 3.63) is 0 Å². The van der Waals surface area contributed by atoms with E-state index in [1.54, 1.807) is 0 Å². The molecule has 0 amide bonds. The summed E-state index contributed by atoms with van der Waals surface area (Å²) in [5.74, 6) is 0. The smallest absolute Gasteiger partial charge is 0.0463 e. The molecule has 0 aromatic carbocycles. The highest BCUT2D eigenvalue weighted by molar-refractivity contribution is 6.33. The fourth-order valence-corrected chi connectivity index (χ4v) is 1.10. The molecule has 54 valence electrons. The second-order valence-corrected chi connectivity index (χ2v) is 3.28. The van der Waals surface area contributed by atoms with Crippen molar-refractivity contribution in [2.75, 3.05) is 13.2 Å². The molecule has 0 rings (SSSR count). The van der Waals surface area contributed by atoms with Gasteiger partial charge in [0.05, 0.1) is 0 Å². The van der Waals surface area contributed by atoms with Crippen LogP contribution >= 0.6 is 0 Å². The van der Waals surface area contributed by atoms with Crippen LogP contribution in [-0.2, 0) is 4.74 Å². The van der Waals surface area contributed by atoms with Crippen molar-refractivity contribution in [1.82, 2.24) is 0 Å². The van der Waals surface area contributed by atoms with E-state index in [4.69, 9.17) is 4.74 Å². The van der Waals surface area contributed by atoms with Gasteiger partial charge in [0.15, 0.2) is 0 Å². The van der Waals surface area contributed by atoms with Crippen molar-refractivity contribution in [3.8, 4) is 0 Å². The molecule has 0 heterocycles. The molecule has 0 N–H and O–H groups in total. The molecule has 1 nitrogen and oxygen atoms in total. The summed E-state index contributed by atoms with van der Waals surface area (Å²) in [6.45, 7) is 6.28. The van der Waals surface area contributed by atoms with Crippen molar-refractivity contribution < 1.29 is 4.74 Å². The minimum Gasteiger partial charge on any atom is -0.381 e. The average Bonchev–Trinajstić information content (AvgIpc) is 1.89. The highest BCUT2D eigenvalue weighted by Crippen LogP contribution is 1.89. The molecule has 0 unspecified atom stereocenters. The van der Waals surface area contributed by atoms with Crippen molar-refractivity contribution in [2.45, 2.75) is 32.4 Å². The molecule has 2 heteroatoms. The van der Waals surface area contributed by atoms with Crippen LogP contribution < -0.4 is 0 Å². The standard InChI is InChI=1S/C7H16OSi/c1-3-5-8-6-4-7-9-2/h3-7H2,1-2H3. The van der Waals surface area contributed by atoms with E-state index < -0.39 is 0 Å². The molecule has 0 spiro atoms. The maximum atomic E-state index is 5.29. The first-order valence-corrected chi connectivity index (χ1v) is 5.35. The van der Waals surface area contributed by atoms with Gasteiger partial charge in [-0.3, -0.25) is 0 Å². The zero-order chi connectivity index (χ0) is 6.95. The lowest BCUT2D eigenvalue weighted by Gasteiger charge is -1.99. The minimum absolute atomic E-state index is 0.937. The molecule has 0 aliphatic heterocycles. The molecule has 0 saturated carbocycles. The maximum Gasteiger partial charge on any atom is 0.0463 e. The van der Waals surface area contributed by atoms with E-state index in [-0.39, 0.29) is 0 Å². The molecule has 0 aliphatic rings. The van der Waals surface area contributed by atoms with E-state index in [1.165, 1.54) is 12.5 Å². The summed E-state index contributed by atoms with van der Waals surface area (Å²) in [6.07, 6.45) is 2.39. The van der Waals surface area contributed by atoms with E-state index in [0.29, 0.717) is 0 Å². The average molecular weight is 144 g/mol. The summed E-state index contributed by atoms with van der Waals surface area (Å²) >= 11 is 0. The number of hydrogen-bond acceptors (Lipinski definition) is 1. The van der Waals surface area contributed by atoms with Gasteiger partial charge in [0.2, 0.25) is 0 Å². The Balaban J connectivity index is 2.60. The Morgan fingerprint density at radius 2 is 2.11 bits per heavy atom. The summed E-state index contributed by atoms with van der Waals surface area (Å²) in [7, 11) is 1.09. The van der Waals surface area contributed by atoms with Gasteiger partial charge in [-0.15, -0.1) is 0 Å². The Hall–Kier alpha value is 0.177. The predicted molar refractivity (Wildman–Crippen MR) is 42.2 cm³/mol. The third kappa shape index (κ3) is 8.18. The third-order valence-electron chi connectivity index (χ3n) is 1.06. The van der Waals surface area contributed by atoms with Gasteiger partial charge in [-0.25, -0.2) is 0 Å². The van der Waals surface area contributed by atoms with Gasteiger partial charge in [0, 0.05) is 22.7 Å². The largest absolute Gasteiger partial charge is 0.381 e. The van der Waals surface area contributed by atoms with Crippen LogP contribution in [-0.4, -0.2) is 22.7 Å². The molecular weight excluding hydrogens is 128 g/mol. The first-order chi connectivity index (χ1) is 4.41. The second kappa shape index (κ2) is 8.18. The van der Waals surface area contributed by atoms with E-state index in [2.05, 4.69) is 13.5 Å². The lowest BCUT2D eigenvalue weighted by molar-refractivity contribution is 0.135. The first-order valence-electron chi connectivity index (χ1n) is 3.64. The molecule has 0 aromatic rings. The Labute approximate surface area is 60.6 Å². The van der Waals surface area contributed by atoms with E-state index in [1.807, 2.05) is 0 Å². The predicted octanol–water partition coefficient (Wildman–Crippen LogP) is 1.97. The SMILES string of the molecule is CCCOCCC[Si]C. The molecule has 0 atom stereocenters. The summed E-state index contributed by atoms with van der Waals surface area (Å²) in [5.41, 5.74) is 0. The van der Waals surface area contributed by atoms with Gasteiger partial charge in [-0.1, -0.05) is 19.5 Å². The first kappa shape index (κ1) is 9.18. The zero-order valence-corrected chi connectivity index (χ0v) is 7.44. The highest BCUT2D eigenvalue weighted by atomic mass is 28.2. The minimum atomic E-state index is 0.937. The van der Waals surface area contributed by atoms with Gasteiger partial charge in [-0.05, 0) is 12.8 Å². The maximum absolute atomic E-state index is 5.29. The van der Waals surface area contributed by atoms with Crippen molar-refractivity contribution in [2.24, 2.45) is 0 Å². The second-order valence-electron chi connectivity index (χ2n) is 2.07. The Morgan fingerprint density at radius 3 is 2.67 bits per heavy atom. The molecule has 0 bridgehead atoms. The van der Waals surface area contributed by atoms with Crippen molar-refractivity contribution in [1.29, 1.82) is 0 Å². The van der Waals surface area contributed by atoms with Crippen LogP contribution in [0, 0.1) is 0 Å². The Kier molecular flexibility index (Phi) is 8.34. The Bertz CT molecular complexity index is 42.2. The lowest BCUT2D eigenvalue weighted by Crippen LogP contribution is -1.96. The summed E-state index contributed by atoms with van der Waals surface area (Å²) in [6, 6.07) is 1.34. The topological polar surface area (TPSA) is 9.23 Å². The molecule has 0 aromatic heterocycles. The van der Waals surface area contributed by atoms with Crippen LogP contribution in [0.2, 0.25) is 12.6 Å². The van der Waals surface area contributed by atoms with Gasteiger partial charge in [0.1, 0.15) is 0 Å². The third-order valence-corrected chi connectivity index (χ3v) is 1.92. The summed E-state index contributed by atoms with van der Waals surface area (Å²) < 4.78 is 5.29. The fourth-order valence-electron chi connectivity index (χ4n) is 0.597. The van der Waals surface area contributed by atoms with Crippen LogP contribution in [0.3, 0.4) is 0 Å². The van der Waals surface area contributed by atoms with Crippen LogP contribution in [0.1, 0.15) is 19.8 Å². The summed E-state index contributed by atoms with van der Waals surface area (Å²) in [4.78, 5) is 0. The number of rotatable bonds is 6. The monoisotopic (exact) mass is 144 g/mol. The number of hydrogen-bond donors (Lipinski definition) is 0. The van der Waals surface area contributed by atoms with Gasteiger partial charge >= 0.3 is 0 Å². The molecular formula is C7H16OSi. The van der Waals surface area contributed by atoms with Crippen LogP contribution in [0.5, 0.6) is 0 Å². The zero-order valence-electron chi connectivity index (χ0n) is 6.44. The van der Waals surface area contributed by atoms with E-state index in [9.17, 15) is 0 Å². The van der Waals surface area contributed by atoms with Crippen molar-refractivity contribution >= 4 is 9.52 Å². The highest BCUT2D eigenvalue weighted by Gasteiger charge is 1.85. The van der Waals surface area contributed by atoms with Crippen molar-refractivity contribution in [3.63, 3.8) is 0 Å². The van der Waals surface area contributed by atoms with Gasteiger partial charge in [0.25, 0.3) is 0 Å². The molecule has 2 radical (unpaired) electrons. The fraction of sp³-hybridized carbons (Fsp3) is 1.00. The van der Waals surface area contributed by atoms with E-state index in [0.717, 1.165) is 29.2 Å². The van der Waals surface area contributed by atoms with Gasteiger partial charge in [-0.2, -0.15) is 0 Å². The normalized spacial score (nSPS) is 10.0. The number of ether oxygens (including phenoxy) is 1. The molecule has 9 heavy (non-hydrogen) atoms. The van der Waals surface area contributed by atoms with Gasteiger partial charge < -0.3 is 4.74 Å². The molecule has 0 saturated heterocycles. The van der Waals surface area contributed by atoms with E-state index >= 15 is 0 Å². The quantitative estimate of drug-likeness (QED) is 0.409. The van der Waals surface area contributed by atoms with Crippen LogP contribution in [0.15, 0.2) is 0 Å². The Morgan fingerprint density at radius 1 is 1.33 bits per heavy atom. The van der Waals surface area contributed by atoms with Crippen LogP contribution in [0.4, 0.5) is 0 Å². The molecule has 0 aliphatic carbocycles. The molecule has 0 fully saturated rings. The summed E-state index contributed by atoms with van der Waals surface area (Å²) in [5, 5.41) is 0.